The van der Waals surface area contributed by atoms with Crippen LogP contribution < -0.4 is 10.6 Å². The fourth-order valence-corrected chi connectivity index (χ4v) is 3.01. The molecule has 2 N–H and O–H groups in total. The molecule has 27 heavy (non-hydrogen) atoms. The predicted molar refractivity (Wildman–Crippen MR) is 107 cm³/mol. The lowest BCUT2D eigenvalue weighted by Gasteiger charge is -2.11. The highest BCUT2D eigenvalue weighted by molar-refractivity contribution is 5.79. The number of hydrogen-bond acceptors (Lipinski definition) is 3. The number of hydrogen-bond donors (Lipinski definition) is 2. The molecule has 0 aliphatic rings. The molecule has 3 aromatic rings. The van der Waals surface area contributed by atoms with Gasteiger partial charge in [-0.2, -0.15) is 10.2 Å². The molecule has 0 saturated heterocycles. The zero-order valence-electron chi connectivity index (χ0n) is 16.4. The minimum absolute atomic E-state index is 0.666. The molecular formula is C20H27N7. The number of nitrogens with one attached hydrogen (secondary N) is 2. The van der Waals surface area contributed by atoms with Crippen molar-refractivity contribution in [2.75, 3.05) is 7.05 Å². The average molecular weight is 365 g/mol. The smallest absolute Gasteiger partial charge is 0.191 e. The van der Waals surface area contributed by atoms with Crippen LogP contribution in [0.5, 0.6) is 0 Å². The van der Waals surface area contributed by atoms with E-state index in [1.54, 1.807) is 7.05 Å². The molecular weight excluding hydrogens is 338 g/mol. The van der Waals surface area contributed by atoms with Crippen molar-refractivity contribution < 1.29 is 0 Å². The van der Waals surface area contributed by atoms with Crippen LogP contribution in [0.3, 0.4) is 0 Å². The maximum absolute atomic E-state index is 4.45. The number of guanidine groups is 1. The lowest BCUT2D eigenvalue weighted by atomic mass is 10.2. The van der Waals surface area contributed by atoms with Crippen LogP contribution in [-0.2, 0) is 26.7 Å². The van der Waals surface area contributed by atoms with Gasteiger partial charge in [0.15, 0.2) is 5.96 Å². The molecule has 7 heteroatoms. The van der Waals surface area contributed by atoms with Gasteiger partial charge < -0.3 is 10.6 Å². The molecule has 0 atom stereocenters. The van der Waals surface area contributed by atoms with E-state index in [2.05, 4.69) is 51.1 Å². The summed E-state index contributed by atoms with van der Waals surface area (Å²) in [5.41, 5.74) is 5.76. The average Bonchev–Trinajstić information content (AvgIpc) is 3.21. The van der Waals surface area contributed by atoms with E-state index in [0.717, 1.165) is 29.5 Å². The Morgan fingerprint density at radius 3 is 2.48 bits per heavy atom. The third kappa shape index (κ3) is 4.75. The number of nitrogens with zero attached hydrogens (tertiary/aromatic N) is 5. The van der Waals surface area contributed by atoms with E-state index in [1.807, 2.05) is 47.7 Å². The Kier molecular flexibility index (Phi) is 5.90. The highest BCUT2D eigenvalue weighted by Crippen LogP contribution is 2.11. The third-order valence-corrected chi connectivity index (χ3v) is 4.65. The maximum atomic E-state index is 4.45. The summed E-state index contributed by atoms with van der Waals surface area (Å²) in [6.45, 7) is 6.24. The molecule has 3 rings (SSSR count). The van der Waals surface area contributed by atoms with E-state index in [9.17, 15) is 0 Å². The second-order valence-corrected chi connectivity index (χ2v) is 6.58. The van der Waals surface area contributed by atoms with Gasteiger partial charge in [0.05, 0.1) is 18.4 Å². The van der Waals surface area contributed by atoms with Crippen LogP contribution in [0.25, 0.3) is 0 Å². The van der Waals surface area contributed by atoms with Crippen molar-refractivity contribution in [2.45, 2.75) is 33.5 Å². The number of aryl methyl sites for hydroxylation is 2. The molecule has 0 aliphatic carbocycles. The summed E-state index contributed by atoms with van der Waals surface area (Å²) in [6.07, 6.45) is 3.95. The Bertz CT molecular complexity index is 906. The lowest BCUT2D eigenvalue weighted by Crippen LogP contribution is -2.36. The van der Waals surface area contributed by atoms with E-state index >= 15 is 0 Å². The van der Waals surface area contributed by atoms with Gasteiger partial charge in [-0.1, -0.05) is 30.3 Å². The molecule has 0 aliphatic heterocycles. The van der Waals surface area contributed by atoms with Gasteiger partial charge in [-0.3, -0.25) is 14.4 Å². The van der Waals surface area contributed by atoms with Gasteiger partial charge in [-0.15, -0.1) is 0 Å². The van der Waals surface area contributed by atoms with Crippen molar-refractivity contribution in [2.24, 2.45) is 12.0 Å². The second kappa shape index (κ2) is 8.53. The van der Waals surface area contributed by atoms with Gasteiger partial charge in [0.25, 0.3) is 0 Å². The van der Waals surface area contributed by atoms with E-state index in [1.165, 1.54) is 11.1 Å². The Morgan fingerprint density at radius 1 is 1.07 bits per heavy atom. The van der Waals surface area contributed by atoms with Crippen LogP contribution >= 0.6 is 0 Å². The van der Waals surface area contributed by atoms with Crippen molar-refractivity contribution in [3.63, 3.8) is 0 Å². The molecule has 0 spiro atoms. The monoisotopic (exact) mass is 365 g/mol. The molecule has 0 bridgehead atoms. The molecule has 0 radical (unpaired) electrons. The maximum Gasteiger partial charge on any atom is 0.191 e. The topological polar surface area (TPSA) is 72.1 Å². The van der Waals surface area contributed by atoms with Gasteiger partial charge in [-0.05, 0) is 19.4 Å². The zero-order valence-corrected chi connectivity index (χ0v) is 16.4. The summed E-state index contributed by atoms with van der Waals surface area (Å²) in [6, 6.07) is 10.3. The molecule has 2 heterocycles. The first-order valence-corrected chi connectivity index (χ1v) is 9.05. The summed E-state index contributed by atoms with van der Waals surface area (Å²) >= 11 is 0. The van der Waals surface area contributed by atoms with Crippen molar-refractivity contribution in [1.29, 1.82) is 0 Å². The van der Waals surface area contributed by atoms with Gasteiger partial charge in [0, 0.05) is 50.2 Å². The molecule has 0 fully saturated rings. The lowest BCUT2D eigenvalue weighted by molar-refractivity contribution is 0.685. The van der Waals surface area contributed by atoms with Crippen LogP contribution in [0.1, 0.15) is 28.1 Å². The molecule has 7 nitrogen and oxygen atoms in total. The number of benzene rings is 1. The summed E-state index contributed by atoms with van der Waals surface area (Å²) in [5, 5.41) is 15.6. The summed E-state index contributed by atoms with van der Waals surface area (Å²) in [4.78, 5) is 4.30. The third-order valence-electron chi connectivity index (χ3n) is 4.65. The molecule has 0 unspecified atom stereocenters. The molecule has 0 saturated carbocycles. The fourth-order valence-electron chi connectivity index (χ4n) is 3.01. The first-order chi connectivity index (χ1) is 13.1. The van der Waals surface area contributed by atoms with Crippen LogP contribution in [0.2, 0.25) is 0 Å². The summed E-state index contributed by atoms with van der Waals surface area (Å²) < 4.78 is 3.86. The first-order valence-electron chi connectivity index (χ1n) is 9.05. The van der Waals surface area contributed by atoms with E-state index < -0.39 is 0 Å². The van der Waals surface area contributed by atoms with Crippen LogP contribution in [0.4, 0.5) is 0 Å². The Labute approximate surface area is 160 Å². The van der Waals surface area contributed by atoms with E-state index in [4.69, 9.17) is 0 Å². The first kappa shape index (κ1) is 18.7. The van der Waals surface area contributed by atoms with Gasteiger partial charge in [0.1, 0.15) is 0 Å². The van der Waals surface area contributed by atoms with E-state index in [-0.39, 0.29) is 0 Å². The molecule has 142 valence electrons. The Morgan fingerprint density at radius 2 is 1.81 bits per heavy atom. The zero-order chi connectivity index (χ0) is 19.2. The predicted octanol–water partition coefficient (Wildman–Crippen LogP) is 2.15. The van der Waals surface area contributed by atoms with Crippen LogP contribution in [0.15, 0.2) is 47.7 Å². The SMILES string of the molecule is CN=C(NCc1cnn(Cc2ccccc2)c1)NCc1c(C)nn(C)c1C. The summed E-state index contributed by atoms with van der Waals surface area (Å²) in [7, 11) is 3.74. The van der Waals surface area contributed by atoms with Crippen molar-refractivity contribution in [1.82, 2.24) is 30.2 Å². The van der Waals surface area contributed by atoms with Gasteiger partial charge in [0.2, 0.25) is 0 Å². The highest BCUT2D eigenvalue weighted by atomic mass is 15.3. The van der Waals surface area contributed by atoms with Crippen molar-refractivity contribution >= 4 is 5.96 Å². The standard InChI is InChI=1S/C20H27N7/c1-15-19(16(2)26(4)25-15)12-23-20(21-3)22-10-18-11-24-27(14-18)13-17-8-6-5-7-9-17/h5-9,11,14H,10,12-13H2,1-4H3,(H2,21,22,23). The van der Waals surface area contributed by atoms with Crippen LogP contribution in [-0.4, -0.2) is 32.6 Å². The van der Waals surface area contributed by atoms with Crippen molar-refractivity contribution in [3.05, 3.63) is 70.8 Å². The van der Waals surface area contributed by atoms with Crippen LogP contribution in [0, 0.1) is 13.8 Å². The van der Waals surface area contributed by atoms with Crippen molar-refractivity contribution in [3.8, 4) is 0 Å². The highest BCUT2D eigenvalue weighted by Gasteiger charge is 2.10. The minimum atomic E-state index is 0.666. The quantitative estimate of drug-likeness (QED) is 0.519. The summed E-state index contributed by atoms with van der Waals surface area (Å²) in [5.74, 6) is 0.758. The fraction of sp³-hybridized carbons (Fsp3) is 0.350. The van der Waals surface area contributed by atoms with Gasteiger partial charge in [-0.25, -0.2) is 0 Å². The number of aromatic nitrogens is 4. The number of rotatable bonds is 6. The minimum Gasteiger partial charge on any atom is -0.352 e. The normalized spacial score (nSPS) is 11.6. The molecule has 1 aromatic carbocycles. The van der Waals surface area contributed by atoms with E-state index in [0.29, 0.717) is 13.1 Å². The molecule has 2 aromatic heterocycles. The van der Waals surface area contributed by atoms with Gasteiger partial charge >= 0.3 is 0 Å². The number of aliphatic imine (C=N–C) groups is 1. The Balaban J connectivity index is 1.52. The molecule has 0 amide bonds. The largest absolute Gasteiger partial charge is 0.352 e. The second-order valence-electron chi connectivity index (χ2n) is 6.58. The Hall–Kier alpha value is -3.09.